The minimum atomic E-state index is -0.400. The van der Waals surface area contributed by atoms with E-state index in [2.05, 4.69) is 22.0 Å². The van der Waals surface area contributed by atoms with Crippen molar-refractivity contribution in [2.75, 3.05) is 44.2 Å². The second-order valence-corrected chi connectivity index (χ2v) is 7.44. The Balaban J connectivity index is 1.68. The van der Waals surface area contributed by atoms with Gasteiger partial charge < -0.3 is 20.9 Å². The first-order valence-corrected chi connectivity index (χ1v) is 9.26. The summed E-state index contributed by atoms with van der Waals surface area (Å²) in [6.07, 6.45) is 2.18. The number of anilines is 1. The molecule has 2 aliphatic rings. The van der Waals surface area contributed by atoms with Crippen LogP contribution in [-0.4, -0.2) is 55.6 Å². The molecule has 0 bridgehead atoms. The normalized spacial score (nSPS) is 21.0. The van der Waals surface area contributed by atoms with Crippen molar-refractivity contribution in [1.82, 2.24) is 10.2 Å². The monoisotopic (exact) mass is 348 g/mol. The van der Waals surface area contributed by atoms with Crippen LogP contribution in [0, 0.1) is 11.7 Å². The standard InChI is InChI=1S/C19H29FN4O/c1-3-23-8-10-24(11-9-23)17-7-4-14(12-16(17)20)18(25)22-19(2,13-21)15-5-6-15/h4,7,12,15H,3,5-6,8-11,13,21H2,1-2H3,(H,22,25). The van der Waals surface area contributed by atoms with E-state index < -0.39 is 5.54 Å². The van der Waals surface area contributed by atoms with E-state index in [1.807, 2.05) is 6.92 Å². The molecule has 0 aromatic heterocycles. The van der Waals surface area contributed by atoms with E-state index >= 15 is 0 Å². The molecule has 3 rings (SSSR count). The van der Waals surface area contributed by atoms with Crippen molar-refractivity contribution in [3.63, 3.8) is 0 Å². The number of nitrogens with zero attached hydrogens (tertiary/aromatic N) is 2. The summed E-state index contributed by atoms with van der Waals surface area (Å²) >= 11 is 0. The van der Waals surface area contributed by atoms with Gasteiger partial charge in [0.2, 0.25) is 0 Å². The smallest absolute Gasteiger partial charge is 0.251 e. The molecule has 5 nitrogen and oxygen atoms in total. The lowest BCUT2D eigenvalue weighted by Gasteiger charge is -2.35. The van der Waals surface area contributed by atoms with E-state index in [-0.39, 0.29) is 11.7 Å². The van der Waals surface area contributed by atoms with Crippen molar-refractivity contribution in [2.24, 2.45) is 11.7 Å². The summed E-state index contributed by atoms with van der Waals surface area (Å²) in [5.74, 6) is -0.153. The Hall–Kier alpha value is -1.66. The molecule has 25 heavy (non-hydrogen) atoms. The Morgan fingerprint density at radius 3 is 2.52 bits per heavy atom. The molecule has 1 atom stereocenters. The number of amides is 1. The number of likely N-dealkylation sites (N-methyl/N-ethyl adjacent to an activating group) is 1. The predicted molar refractivity (Wildman–Crippen MR) is 98.4 cm³/mol. The molecule has 1 amide bonds. The number of benzene rings is 1. The summed E-state index contributed by atoms with van der Waals surface area (Å²) in [6.45, 7) is 9.03. The highest BCUT2D eigenvalue weighted by molar-refractivity contribution is 5.95. The van der Waals surface area contributed by atoms with E-state index in [0.717, 1.165) is 45.6 Å². The molecule has 1 saturated carbocycles. The number of rotatable bonds is 6. The van der Waals surface area contributed by atoms with Crippen LogP contribution >= 0.6 is 0 Å². The molecule has 138 valence electrons. The van der Waals surface area contributed by atoms with Crippen molar-refractivity contribution in [1.29, 1.82) is 0 Å². The average Bonchev–Trinajstić information content (AvgIpc) is 3.47. The lowest BCUT2D eigenvalue weighted by Crippen LogP contribution is -2.53. The summed E-state index contributed by atoms with van der Waals surface area (Å²) in [5.41, 5.74) is 6.38. The van der Waals surface area contributed by atoms with Crippen LogP contribution in [0.4, 0.5) is 10.1 Å². The number of piperazine rings is 1. The van der Waals surface area contributed by atoms with E-state index in [0.29, 0.717) is 23.7 Å². The minimum absolute atomic E-state index is 0.249. The van der Waals surface area contributed by atoms with E-state index in [1.54, 1.807) is 12.1 Å². The highest BCUT2D eigenvalue weighted by Gasteiger charge is 2.41. The number of nitrogens with one attached hydrogen (secondary N) is 1. The lowest BCUT2D eigenvalue weighted by atomic mass is 9.95. The molecule has 1 saturated heterocycles. The zero-order valence-corrected chi connectivity index (χ0v) is 15.2. The summed E-state index contributed by atoms with van der Waals surface area (Å²) in [4.78, 5) is 16.9. The van der Waals surface area contributed by atoms with Gasteiger partial charge in [0.05, 0.1) is 11.2 Å². The molecular formula is C19H29FN4O. The van der Waals surface area contributed by atoms with Gasteiger partial charge in [-0.2, -0.15) is 0 Å². The van der Waals surface area contributed by atoms with E-state index in [4.69, 9.17) is 5.73 Å². The second kappa shape index (κ2) is 7.30. The number of nitrogens with two attached hydrogens (primary N) is 1. The van der Waals surface area contributed by atoms with Gasteiger partial charge in [-0.3, -0.25) is 4.79 Å². The van der Waals surface area contributed by atoms with Crippen molar-refractivity contribution < 1.29 is 9.18 Å². The van der Waals surface area contributed by atoms with Crippen LogP contribution in [0.5, 0.6) is 0 Å². The average molecular weight is 348 g/mol. The Labute approximate surface area is 149 Å². The van der Waals surface area contributed by atoms with Crippen LogP contribution in [0.3, 0.4) is 0 Å². The van der Waals surface area contributed by atoms with Gasteiger partial charge in [-0.1, -0.05) is 6.92 Å². The van der Waals surface area contributed by atoms with Crippen molar-refractivity contribution in [3.8, 4) is 0 Å². The van der Waals surface area contributed by atoms with Crippen molar-refractivity contribution >= 4 is 11.6 Å². The summed E-state index contributed by atoms with van der Waals surface area (Å²) in [6, 6.07) is 4.78. The molecule has 1 unspecified atom stereocenters. The van der Waals surface area contributed by atoms with Gasteiger partial charge in [-0.15, -0.1) is 0 Å². The third-order valence-electron chi connectivity index (χ3n) is 5.67. The van der Waals surface area contributed by atoms with Gasteiger partial charge in [0, 0.05) is 38.3 Å². The molecule has 0 spiro atoms. The Morgan fingerprint density at radius 1 is 1.32 bits per heavy atom. The zero-order chi connectivity index (χ0) is 18.0. The molecule has 2 fully saturated rings. The van der Waals surface area contributed by atoms with Gasteiger partial charge in [0.1, 0.15) is 5.82 Å². The topological polar surface area (TPSA) is 61.6 Å². The maximum absolute atomic E-state index is 14.6. The van der Waals surface area contributed by atoms with Crippen LogP contribution in [0.25, 0.3) is 0 Å². The number of carbonyl (C=O) groups excluding carboxylic acids is 1. The highest BCUT2D eigenvalue weighted by atomic mass is 19.1. The van der Waals surface area contributed by atoms with E-state index in [9.17, 15) is 9.18 Å². The summed E-state index contributed by atoms with van der Waals surface area (Å²) in [5, 5.41) is 3.01. The van der Waals surface area contributed by atoms with Crippen LogP contribution in [0.15, 0.2) is 18.2 Å². The van der Waals surface area contributed by atoms with Gasteiger partial charge in [-0.25, -0.2) is 4.39 Å². The molecule has 0 radical (unpaired) electrons. The van der Waals surface area contributed by atoms with Crippen LogP contribution < -0.4 is 16.0 Å². The fourth-order valence-corrected chi connectivity index (χ4v) is 3.58. The van der Waals surface area contributed by atoms with Crippen molar-refractivity contribution in [3.05, 3.63) is 29.6 Å². The lowest BCUT2D eigenvalue weighted by molar-refractivity contribution is 0.0897. The molecule has 1 aliphatic carbocycles. The van der Waals surface area contributed by atoms with Gasteiger partial charge in [0.25, 0.3) is 5.91 Å². The molecule has 1 heterocycles. The molecule has 1 aromatic rings. The highest BCUT2D eigenvalue weighted by Crippen LogP contribution is 2.39. The Bertz CT molecular complexity index is 626. The first-order valence-electron chi connectivity index (χ1n) is 9.26. The molecule has 1 aromatic carbocycles. The fraction of sp³-hybridized carbons (Fsp3) is 0.632. The van der Waals surface area contributed by atoms with Gasteiger partial charge in [-0.05, 0) is 50.4 Å². The number of hydrogen-bond acceptors (Lipinski definition) is 4. The molecule has 6 heteroatoms. The quantitative estimate of drug-likeness (QED) is 0.823. The van der Waals surface area contributed by atoms with Gasteiger partial charge >= 0.3 is 0 Å². The molecule has 1 aliphatic heterocycles. The second-order valence-electron chi connectivity index (χ2n) is 7.44. The Morgan fingerprint density at radius 2 is 2.00 bits per heavy atom. The SMILES string of the molecule is CCN1CCN(c2ccc(C(=O)NC(C)(CN)C3CC3)cc2F)CC1. The Kier molecular flexibility index (Phi) is 5.29. The first-order chi connectivity index (χ1) is 12.0. The maximum atomic E-state index is 14.6. The fourth-order valence-electron chi connectivity index (χ4n) is 3.58. The minimum Gasteiger partial charge on any atom is -0.367 e. The van der Waals surface area contributed by atoms with Crippen LogP contribution in [0.1, 0.15) is 37.0 Å². The zero-order valence-electron chi connectivity index (χ0n) is 15.2. The maximum Gasteiger partial charge on any atom is 0.251 e. The predicted octanol–water partition coefficient (Wildman–Crippen LogP) is 1.82. The molecular weight excluding hydrogens is 319 g/mol. The number of hydrogen-bond donors (Lipinski definition) is 2. The third kappa shape index (κ3) is 3.96. The van der Waals surface area contributed by atoms with Gasteiger partial charge in [0.15, 0.2) is 0 Å². The summed E-state index contributed by atoms with van der Waals surface area (Å²) < 4.78 is 14.6. The molecule has 3 N–H and O–H groups in total. The number of halogens is 1. The number of carbonyl (C=O) groups is 1. The van der Waals surface area contributed by atoms with Crippen LogP contribution in [0.2, 0.25) is 0 Å². The van der Waals surface area contributed by atoms with Crippen LogP contribution in [-0.2, 0) is 0 Å². The van der Waals surface area contributed by atoms with E-state index in [1.165, 1.54) is 6.07 Å². The van der Waals surface area contributed by atoms with Crippen molar-refractivity contribution in [2.45, 2.75) is 32.2 Å². The summed E-state index contributed by atoms with van der Waals surface area (Å²) in [7, 11) is 0. The first kappa shape index (κ1) is 18.1. The third-order valence-corrected chi connectivity index (χ3v) is 5.67. The largest absolute Gasteiger partial charge is 0.367 e.